The largest absolute Gasteiger partial charge is 0.329 e. The lowest BCUT2D eigenvalue weighted by molar-refractivity contribution is 0.755. The van der Waals surface area contributed by atoms with Crippen molar-refractivity contribution in [2.75, 3.05) is 0 Å². The van der Waals surface area contributed by atoms with Gasteiger partial charge in [0.05, 0.1) is 11.4 Å². The van der Waals surface area contributed by atoms with Gasteiger partial charge in [0.1, 0.15) is 5.82 Å². The third-order valence-electron chi connectivity index (χ3n) is 5.14. The predicted molar refractivity (Wildman–Crippen MR) is 133 cm³/mol. The Hall–Kier alpha value is -3.38. The third-order valence-corrected chi connectivity index (χ3v) is 5.98. The summed E-state index contributed by atoms with van der Waals surface area (Å²) in [7, 11) is 0. The highest BCUT2D eigenvalue weighted by Gasteiger charge is 2.13. The minimum atomic E-state index is 0.684. The molecular formula is C26H27N5S. The van der Waals surface area contributed by atoms with Gasteiger partial charge in [-0.25, -0.2) is 14.5 Å². The zero-order valence-corrected chi connectivity index (χ0v) is 19.5. The molecule has 0 N–H and O–H groups in total. The monoisotopic (exact) mass is 441 g/mol. The molecule has 3 heterocycles. The number of allylic oxidation sites excluding steroid dienone is 5. The number of thioether (sulfide) groups is 1. The van der Waals surface area contributed by atoms with Crippen LogP contribution in [0.3, 0.4) is 0 Å². The van der Waals surface area contributed by atoms with Gasteiger partial charge < -0.3 is 4.57 Å². The summed E-state index contributed by atoms with van der Waals surface area (Å²) in [6, 6.07) is 14.6. The number of pyridine rings is 1. The van der Waals surface area contributed by atoms with E-state index in [1.807, 2.05) is 29.7 Å². The van der Waals surface area contributed by atoms with Gasteiger partial charge in [0.25, 0.3) is 0 Å². The van der Waals surface area contributed by atoms with Gasteiger partial charge in [0.2, 0.25) is 5.16 Å². The molecule has 3 aromatic heterocycles. The summed E-state index contributed by atoms with van der Waals surface area (Å²) in [5, 5.41) is 5.44. The molecule has 0 amide bonds. The fourth-order valence-electron chi connectivity index (χ4n) is 3.61. The Morgan fingerprint density at radius 3 is 2.69 bits per heavy atom. The Kier molecular flexibility index (Phi) is 6.71. The molecule has 0 spiro atoms. The summed E-state index contributed by atoms with van der Waals surface area (Å²) in [4.78, 5) is 9.66. The summed E-state index contributed by atoms with van der Waals surface area (Å²) in [5.74, 6) is 1.68. The van der Waals surface area contributed by atoms with Gasteiger partial charge in [0, 0.05) is 18.4 Å². The molecule has 1 aromatic carbocycles. The van der Waals surface area contributed by atoms with Crippen molar-refractivity contribution >= 4 is 23.0 Å². The van der Waals surface area contributed by atoms with Crippen molar-refractivity contribution in [3.63, 3.8) is 0 Å². The number of rotatable bonds is 8. The van der Waals surface area contributed by atoms with Crippen LogP contribution in [0.1, 0.15) is 35.3 Å². The van der Waals surface area contributed by atoms with Gasteiger partial charge in [-0.2, -0.15) is 0 Å². The van der Waals surface area contributed by atoms with Crippen molar-refractivity contribution in [1.82, 2.24) is 24.1 Å². The van der Waals surface area contributed by atoms with Crippen LogP contribution in [0.25, 0.3) is 11.2 Å². The van der Waals surface area contributed by atoms with Crippen molar-refractivity contribution in [2.24, 2.45) is 0 Å². The normalized spacial score (nSPS) is 12.2. The van der Waals surface area contributed by atoms with Crippen LogP contribution < -0.4 is 0 Å². The molecule has 6 heteroatoms. The van der Waals surface area contributed by atoms with Gasteiger partial charge in [0.15, 0.2) is 5.65 Å². The summed E-state index contributed by atoms with van der Waals surface area (Å²) in [6.07, 6.45) is 9.94. The first kappa shape index (κ1) is 21.8. The first-order chi connectivity index (χ1) is 15.6. The maximum atomic E-state index is 4.96. The van der Waals surface area contributed by atoms with Gasteiger partial charge >= 0.3 is 0 Å². The number of hydrogen-bond donors (Lipinski definition) is 0. The predicted octanol–water partition coefficient (Wildman–Crippen LogP) is 6.03. The summed E-state index contributed by atoms with van der Waals surface area (Å²) in [6.45, 7) is 10.7. The maximum absolute atomic E-state index is 4.96. The SMILES string of the molecule is C=C/C=C\C(=C/C)c1cn(Cc2ccccc2)c(CSc2nc3cc(C)cc(C)n3n2)n1. The quantitative estimate of drug-likeness (QED) is 0.247. The number of nitrogens with zero attached hydrogens (tertiary/aromatic N) is 5. The number of hydrogen-bond acceptors (Lipinski definition) is 4. The van der Waals surface area contributed by atoms with Crippen LogP contribution >= 0.6 is 11.8 Å². The number of benzene rings is 1. The molecule has 32 heavy (non-hydrogen) atoms. The summed E-state index contributed by atoms with van der Waals surface area (Å²) < 4.78 is 4.11. The van der Waals surface area contributed by atoms with E-state index in [9.17, 15) is 0 Å². The first-order valence-corrected chi connectivity index (χ1v) is 11.6. The number of fused-ring (bicyclic) bond motifs is 1. The van der Waals surface area contributed by atoms with Crippen LogP contribution in [-0.2, 0) is 12.3 Å². The van der Waals surface area contributed by atoms with Gasteiger partial charge in [-0.05, 0) is 49.6 Å². The van der Waals surface area contributed by atoms with E-state index in [2.05, 4.69) is 78.8 Å². The molecule has 0 fully saturated rings. The van der Waals surface area contributed by atoms with Gasteiger partial charge in [-0.3, -0.25) is 0 Å². The van der Waals surface area contributed by atoms with Crippen molar-refractivity contribution in [1.29, 1.82) is 0 Å². The molecule has 0 aliphatic heterocycles. The van der Waals surface area contributed by atoms with E-state index in [1.165, 1.54) is 11.1 Å². The lowest BCUT2D eigenvalue weighted by Crippen LogP contribution is -2.03. The molecule has 0 bridgehead atoms. The molecule has 4 aromatic rings. The van der Waals surface area contributed by atoms with Crippen molar-refractivity contribution in [2.45, 2.75) is 38.2 Å². The number of aromatic nitrogens is 5. The Morgan fingerprint density at radius 2 is 1.94 bits per heavy atom. The Morgan fingerprint density at radius 1 is 1.12 bits per heavy atom. The van der Waals surface area contributed by atoms with E-state index >= 15 is 0 Å². The minimum absolute atomic E-state index is 0.684. The lowest BCUT2D eigenvalue weighted by atomic mass is 10.2. The molecule has 162 valence electrons. The molecule has 0 saturated heterocycles. The Balaban J connectivity index is 1.63. The van der Waals surface area contributed by atoms with Crippen molar-refractivity contribution in [3.05, 3.63) is 108 Å². The van der Waals surface area contributed by atoms with E-state index in [0.29, 0.717) is 5.75 Å². The molecule has 0 aliphatic rings. The van der Waals surface area contributed by atoms with Gasteiger partial charge in [-0.15, -0.1) is 5.10 Å². The highest BCUT2D eigenvalue weighted by atomic mass is 32.2. The molecule has 0 aliphatic carbocycles. The van der Waals surface area contributed by atoms with Crippen molar-refractivity contribution in [3.8, 4) is 0 Å². The van der Waals surface area contributed by atoms with Crippen LogP contribution in [0.5, 0.6) is 0 Å². The fraction of sp³-hybridized carbons (Fsp3) is 0.192. The summed E-state index contributed by atoms with van der Waals surface area (Å²) >= 11 is 1.61. The highest BCUT2D eigenvalue weighted by Crippen LogP contribution is 2.24. The van der Waals surface area contributed by atoms with Crippen molar-refractivity contribution < 1.29 is 0 Å². The molecule has 0 unspecified atom stereocenters. The maximum Gasteiger partial charge on any atom is 0.209 e. The number of aryl methyl sites for hydroxylation is 2. The summed E-state index contributed by atoms with van der Waals surface area (Å²) in [5.41, 5.74) is 6.41. The van der Waals surface area contributed by atoms with E-state index < -0.39 is 0 Å². The second-order valence-corrected chi connectivity index (χ2v) is 8.56. The smallest absolute Gasteiger partial charge is 0.209 e. The lowest BCUT2D eigenvalue weighted by Gasteiger charge is -2.06. The number of imidazole rings is 1. The molecular weight excluding hydrogens is 414 g/mol. The van der Waals surface area contributed by atoms with E-state index in [4.69, 9.17) is 9.97 Å². The second-order valence-electron chi connectivity index (χ2n) is 7.62. The van der Waals surface area contributed by atoms with Crippen LogP contribution in [0.4, 0.5) is 0 Å². The minimum Gasteiger partial charge on any atom is -0.329 e. The van der Waals surface area contributed by atoms with Crippen LogP contribution in [0, 0.1) is 13.8 Å². The first-order valence-electron chi connectivity index (χ1n) is 10.6. The van der Waals surface area contributed by atoms with E-state index in [0.717, 1.165) is 40.1 Å². The Labute approximate surface area is 193 Å². The van der Waals surface area contributed by atoms with Gasteiger partial charge in [-0.1, -0.05) is 73.0 Å². The molecule has 0 atom stereocenters. The zero-order valence-electron chi connectivity index (χ0n) is 18.7. The molecule has 4 rings (SSSR count). The zero-order chi connectivity index (χ0) is 22.5. The average molecular weight is 442 g/mol. The average Bonchev–Trinajstić information content (AvgIpc) is 3.37. The molecule has 0 radical (unpaired) electrons. The molecule has 5 nitrogen and oxygen atoms in total. The van der Waals surface area contributed by atoms with E-state index in [1.54, 1.807) is 17.8 Å². The second kappa shape index (κ2) is 9.83. The van der Waals surface area contributed by atoms with E-state index in [-0.39, 0.29) is 0 Å². The van der Waals surface area contributed by atoms with Crippen LogP contribution in [0.15, 0.2) is 84.7 Å². The highest BCUT2D eigenvalue weighted by molar-refractivity contribution is 7.98. The van der Waals surface area contributed by atoms with Crippen LogP contribution in [-0.4, -0.2) is 24.1 Å². The topological polar surface area (TPSA) is 48.0 Å². The molecule has 0 saturated carbocycles. The Bertz CT molecular complexity index is 1290. The third kappa shape index (κ3) is 4.92. The standard InChI is InChI=1S/C26H27N5S/c1-5-7-13-22(6-2)23-17-30(16-21-11-9-8-10-12-21)25(27-23)18-32-26-28-24-15-19(3)14-20(4)31(24)29-26/h5-15,17H,1,16,18H2,2-4H3/b13-7-,22-6+. The van der Waals surface area contributed by atoms with Crippen LogP contribution in [0.2, 0.25) is 0 Å². The fourth-order valence-corrected chi connectivity index (χ4v) is 4.40.